The number of nitrogen functional groups attached to an aromatic ring is 1. The minimum atomic E-state index is 0.605. The number of hydrogen-bond donors (Lipinski definition) is 2. The second kappa shape index (κ2) is 4.66. The number of anilines is 1. The first-order valence-corrected chi connectivity index (χ1v) is 5.80. The summed E-state index contributed by atoms with van der Waals surface area (Å²) in [6.07, 6.45) is 3.73. The van der Waals surface area contributed by atoms with Crippen LogP contribution in [0.25, 0.3) is 0 Å². The van der Waals surface area contributed by atoms with Gasteiger partial charge in [-0.05, 0) is 38.3 Å². The third-order valence-corrected chi connectivity index (χ3v) is 3.21. The van der Waals surface area contributed by atoms with Crippen LogP contribution in [0.2, 0.25) is 0 Å². The van der Waals surface area contributed by atoms with Crippen LogP contribution in [-0.2, 0) is 6.42 Å². The van der Waals surface area contributed by atoms with Crippen molar-refractivity contribution in [2.45, 2.75) is 26.2 Å². The molecule has 2 heterocycles. The molecule has 1 aliphatic rings. The molecule has 1 saturated heterocycles. The molecule has 1 atom stereocenters. The molecule has 0 aliphatic carbocycles. The molecule has 1 fully saturated rings. The topological polar surface area (TPSA) is 57.9 Å². The molecule has 1 aromatic heterocycles. The van der Waals surface area contributed by atoms with E-state index in [1.54, 1.807) is 0 Å². The lowest BCUT2D eigenvalue weighted by molar-refractivity contribution is 0.181. The van der Waals surface area contributed by atoms with Crippen molar-refractivity contribution in [1.29, 1.82) is 0 Å². The number of aromatic nitrogens is 2. The van der Waals surface area contributed by atoms with Crippen molar-refractivity contribution in [1.82, 2.24) is 15.1 Å². The summed E-state index contributed by atoms with van der Waals surface area (Å²) in [5.74, 6) is 1.37. The van der Waals surface area contributed by atoms with Gasteiger partial charge in [0, 0.05) is 18.3 Å². The van der Waals surface area contributed by atoms with Crippen LogP contribution in [0.4, 0.5) is 5.82 Å². The first-order valence-electron chi connectivity index (χ1n) is 5.80. The maximum absolute atomic E-state index is 5.58. The molecule has 84 valence electrons. The minimum absolute atomic E-state index is 0.605. The molecule has 1 unspecified atom stereocenters. The minimum Gasteiger partial charge on any atom is -0.382 e. The van der Waals surface area contributed by atoms with E-state index in [4.69, 9.17) is 5.73 Å². The average molecular weight is 208 g/mol. The van der Waals surface area contributed by atoms with Gasteiger partial charge in [-0.1, -0.05) is 6.92 Å². The summed E-state index contributed by atoms with van der Waals surface area (Å²) in [6, 6.07) is 1.95. The highest BCUT2D eigenvalue weighted by atomic mass is 15.2. The molecule has 1 aromatic rings. The van der Waals surface area contributed by atoms with Crippen molar-refractivity contribution in [2.24, 2.45) is 5.92 Å². The molecule has 0 aromatic carbocycles. The van der Waals surface area contributed by atoms with E-state index in [0.29, 0.717) is 5.82 Å². The van der Waals surface area contributed by atoms with Gasteiger partial charge in [-0.15, -0.1) is 0 Å². The van der Waals surface area contributed by atoms with Crippen molar-refractivity contribution >= 4 is 5.82 Å². The molecular formula is C11H20N4. The fraction of sp³-hybridized carbons (Fsp3) is 0.727. The predicted octanol–water partition coefficient (Wildman–Crippen LogP) is 1.27. The Balaban J connectivity index is 1.88. The first-order chi connectivity index (χ1) is 7.28. The molecule has 0 saturated carbocycles. The number of hydrogen-bond acceptors (Lipinski definition) is 3. The van der Waals surface area contributed by atoms with Crippen LogP contribution >= 0.6 is 0 Å². The Bertz CT molecular complexity index is 307. The van der Waals surface area contributed by atoms with Gasteiger partial charge in [0.05, 0.1) is 0 Å². The van der Waals surface area contributed by atoms with Gasteiger partial charge in [-0.3, -0.25) is 5.10 Å². The van der Waals surface area contributed by atoms with Crippen LogP contribution in [0.5, 0.6) is 0 Å². The molecule has 2 rings (SSSR count). The Labute approximate surface area is 90.8 Å². The lowest BCUT2D eigenvalue weighted by Gasteiger charge is -2.31. The second-order valence-corrected chi connectivity index (χ2v) is 4.42. The van der Waals surface area contributed by atoms with Gasteiger partial charge in [0.25, 0.3) is 0 Å². The van der Waals surface area contributed by atoms with Crippen LogP contribution in [-0.4, -0.2) is 34.7 Å². The monoisotopic (exact) mass is 208 g/mol. The van der Waals surface area contributed by atoms with E-state index in [1.807, 2.05) is 6.07 Å². The van der Waals surface area contributed by atoms with Crippen molar-refractivity contribution < 1.29 is 0 Å². The van der Waals surface area contributed by atoms with E-state index in [-0.39, 0.29) is 0 Å². The summed E-state index contributed by atoms with van der Waals surface area (Å²) in [7, 11) is 0. The zero-order valence-electron chi connectivity index (χ0n) is 9.37. The molecule has 0 radical (unpaired) electrons. The van der Waals surface area contributed by atoms with E-state index in [2.05, 4.69) is 22.0 Å². The second-order valence-electron chi connectivity index (χ2n) is 4.42. The lowest BCUT2D eigenvalue weighted by atomic mass is 9.93. The molecule has 15 heavy (non-hydrogen) atoms. The zero-order chi connectivity index (χ0) is 10.7. The quantitative estimate of drug-likeness (QED) is 0.786. The van der Waals surface area contributed by atoms with Gasteiger partial charge in [-0.25, -0.2) is 0 Å². The van der Waals surface area contributed by atoms with Crippen LogP contribution in [0.1, 0.15) is 25.5 Å². The molecule has 1 aliphatic heterocycles. The highest BCUT2D eigenvalue weighted by Crippen LogP contribution is 2.20. The fourth-order valence-corrected chi connectivity index (χ4v) is 2.40. The first kappa shape index (κ1) is 10.5. The smallest absolute Gasteiger partial charge is 0.145 e. The number of aromatic amines is 1. The normalized spacial score (nSPS) is 23.1. The molecule has 4 nitrogen and oxygen atoms in total. The molecule has 0 spiro atoms. The molecule has 3 N–H and O–H groups in total. The van der Waals surface area contributed by atoms with E-state index in [1.165, 1.54) is 38.2 Å². The van der Waals surface area contributed by atoms with Gasteiger partial charge >= 0.3 is 0 Å². The van der Waals surface area contributed by atoms with Gasteiger partial charge < -0.3 is 10.6 Å². The highest BCUT2D eigenvalue weighted by Gasteiger charge is 2.19. The van der Waals surface area contributed by atoms with Crippen LogP contribution in [0.3, 0.4) is 0 Å². The number of nitrogens with zero attached hydrogens (tertiary/aromatic N) is 2. The van der Waals surface area contributed by atoms with Crippen molar-refractivity contribution in [3.05, 3.63) is 11.8 Å². The summed E-state index contributed by atoms with van der Waals surface area (Å²) < 4.78 is 0. The van der Waals surface area contributed by atoms with Crippen molar-refractivity contribution in [2.75, 3.05) is 25.4 Å². The Morgan fingerprint density at radius 3 is 3.20 bits per heavy atom. The van der Waals surface area contributed by atoms with E-state index in [0.717, 1.165) is 12.3 Å². The van der Waals surface area contributed by atoms with E-state index >= 15 is 0 Å². The summed E-state index contributed by atoms with van der Waals surface area (Å²) >= 11 is 0. The SMILES string of the molecule is CCN1CCCC(Cc2cc(N)n[nH]2)C1. The van der Waals surface area contributed by atoms with Crippen LogP contribution in [0, 0.1) is 5.92 Å². The maximum Gasteiger partial charge on any atom is 0.145 e. The third kappa shape index (κ3) is 2.72. The third-order valence-electron chi connectivity index (χ3n) is 3.21. The molecule has 0 amide bonds. The maximum atomic E-state index is 5.58. The lowest BCUT2D eigenvalue weighted by Crippen LogP contribution is -2.35. The molecule has 0 bridgehead atoms. The summed E-state index contributed by atoms with van der Waals surface area (Å²) in [5.41, 5.74) is 6.76. The Morgan fingerprint density at radius 1 is 1.67 bits per heavy atom. The summed E-state index contributed by atoms with van der Waals surface area (Å²) in [5, 5.41) is 6.95. The number of piperidine rings is 1. The van der Waals surface area contributed by atoms with Crippen molar-refractivity contribution in [3.8, 4) is 0 Å². The Hall–Kier alpha value is -1.03. The predicted molar refractivity (Wildman–Crippen MR) is 61.5 cm³/mol. The highest BCUT2D eigenvalue weighted by molar-refractivity contribution is 5.28. The Morgan fingerprint density at radius 2 is 2.53 bits per heavy atom. The van der Waals surface area contributed by atoms with Gasteiger partial charge in [0.2, 0.25) is 0 Å². The number of nitrogens with one attached hydrogen (secondary N) is 1. The van der Waals surface area contributed by atoms with E-state index < -0.39 is 0 Å². The number of rotatable bonds is 3. The van der Waals surface area contributed by atoms with Gasteiger partial charge in [0.15, 0.2) is 0 Å². The van der Waals surface area contributed by atoms with Gasteiger partial charge in [-0.2, -0.15) is 5.10 Å². The standard InChI is InChI=1S/C11H20N4/c1-2-15-5-3-4-9(8-15)6-10-7-11(12)14-13-10/h7,9H,2-6,8H2,1H3,(H3,12,13,14). The zero-order valence-corrected chi connectivity index (χ0v) is 9.37. The number of likely N-dealkylation sites (tertiary alicyclic amines) is 1. The Kier molecular flexibility index (Phi) is 3.26. The average Bonchev–Trinajstić information content (AvgIpc) is 2.64. The molecular weight excluding hydrogens is 188 g/mol. The molecule has 4 heteroatoms. The largest absolute Gasteiger partial charge is 0.382 e. The number of H-pyrrole nitrogens is 1. The summed E-state index contributed by atoms with van der Waals surface area (Å²) in [4.78, 5) is 2.52. The van der Waals surface area contributed by atoms with Crippen LogP contribution in [0.15, 0.2) is 6.07 Å². The van der Waals surface area contributed by atoms with E-state index in [9.17, 15) is 0 Å². The van der Waals surface area contributed by atoms with Crippen LogP contribution < -0.4 is 5.73 Å². The fourth-order valence-electron chi connectivity index (χ4n) is 2.40. The number of nitrogens with two attached hydrogens (primary N) is 1. The summed E-state index contributed by atoms with van der Waals surface area (Å²) in [6.45, 7) is 5.88. The van der Waals surface area contributed by atoms with Crippen molar-refractivity contribution in [3.63, 3.8) is 0 Å². The van der Waals surface area contributed by atoms with Gasteiger partial charge in [0.1, 0.15) is 5.82 Å².